The van der Waals surface area contributed by atoms with Crippen LogP contribution in [-0.2, 0) is 4.79 Å². The summed E-state index contributed by atoms with van der Waals surface area (Å²) in [6, 6.07) is 14.1. The van der Waals surface area contributed by atoms with E-state index in [9.17, 15) is 9.90 Å². The van der Waals surface area contributed by atoms with Crippen LogP contribution in [0.4, 0.5) is 0 Å². The SMILES string of the molecule is CC(C)c1ccc(O[C@@H](C(=O)O)c2ccc(Cl)cc2)cc1. The minimum atomic E-state index is -1.05. The molecule has 0 amide bonds. The van der Waals surface area contributed by atoms with Crippen LogP contribution in [0.15, 0.2) is 48.5 Å². The molecule has 2 rings (SSSR count). The normalized spacial score (nSPS) is 12.2. The predicted molar refractivity (Wildman–Crippen MR) is 83.0 cm³/mol. The summed E-state index contributed by atoms with van der Waals surface area (Å²) >= 11 is 5.81. The van der Waals surface area contributed by atoms with Gasteiger partial charge in [-0.2, -0.15) is 0 Å². The molecule has 110 valence electrons. The van der Waals surface area contributed by atoms with E-state index >= 15 is 0 Å². The number of aliphatic carboxylic acids is 1. The number of hydrogen-bond acceptors (Lipinski definition) is 2. The minimum Gasteiger partial charge on any atom is -0.478 e. The third-order valence-corrected chi connectivity index (χ3v) is 3.45. The molecular formula is C17H17ClO3. The summed E-state index contributed by atoms with van der Waals surface area (Å²) in [6.45, 7) is 4.20. The van der Waals surface area contributed by atoms with Gasteiger partial charge in [-0.05, 0) is 35.7 Å². The monoisotopic (exact) mass is 304 g/mol. The number of benzene rings is 2. The highest BCUT2D eigenvalue weighted by molar-refractivity contribution is 6.30. The Hall–Kier alpha value is -2.00. The van der Waals surface area contributed by atoms with Crippen molar-refractivity contribution in [2.75, 3.05) is 0 Å². The fourth-order valence-electron chi connectivity index (χ4n) is 1.97. The van der Waals surface area contributed by atoms with Crippen LogP contribution < -0.4 is 4.74 Å². The Morgan fingerprint density at radius 1 is 1.00 bits per heavy atom. The third-order valence-electron chi connectivity index (χ3n) is 3.20. The first kappa shape index (κ1) is 15.4. The van der Waals surface area contributed by atoms with E-state index in [2.05, 4.69) is 13.8 Å². The molecule has 0 fully saturated rings. The van der Waals surface area contributed by atoms with E-state index in [1.807, 2.05) is 12.1 Å². The molecule has 2 aromatic rings. The molecule has 0 saturated heterocycles. The van der Waals surface area contributed by atoms with Crippen LogP contribution in [0.2, 0.25) is 5.02 Å². The van der Waals surface area contributed by atoms with E-state index < -0.39 is 12.1 Å². The van der Waals surface area contributed by atoms with Crippen molar-refractivity contribution < 1.29 is 14.6 Å². The van der Waals surface area contributed by atoms with Crippen LogP contribution in [0, 0.1) is 0 Å². The largest absolute Gasteiger partial charge is 0.478 e. The van der Waals surface area contributed by atoms with Crippen LogP contribution >= 0.6 is 11.6 Å². The molecule has 2 aromatic carbocycles. The molecule has 1 atom stereocenters. The molecule has 0 unspecified atom stereocenters. The standard InChI is InChI=1S/C17H17ClO3/c1-11(2)12-5-9-15(10-6-12)21-16(17(19)20)13-3-7-14(18)8-4-13/h3-11,16H,1-2H3,(H,19,20)/t16-/m1/s1. The van der Waals surface area contributed by atoms with Crippen LogP contribution in [0.25, 0.3) is 0 Å². The second-order valence-electron chi connectivity index (χ2n) is 5.11. The van der Waals surface area contributed by atoms with Gasteiger partial charge in [-0.25, -0.2) is 4.79 Å². The van der Waals surface area contributed by atoms with E-state index in [-0.39, 0.29) is 0 Å². The van der Waals surface area contributed by atoms with Gasteiger partial charge in [-0.15, -0.1) is 0 Å². The quantitative estimate of drug-likeness (QED) is 0.873. The molecule has 0 bridgehead atoms. The number of rotatable bonds is 5. The predicted octanol–water partition coefficient (Wildman–Crippen LogP) is 4.67. The van der Waals surface area contributed by atoms with E-state index in [4.69, 9.17) is 16.3 Å². The van der Waals surface area contributed by atoms with Crippen molar-refractivity contribution in [1.29, 1.82) is 0 Å². The van der Waals surface area contributed by atoms with Crippen molar-refractivity contribution in [2.45, 2.75) is 25.9 Å². The number of hydrogen-bond donors (Lipinski definition) is 1. The lowest BCUT2D eigenvalue weighted by molar-refractivity contribution is -0.145. The molecular weight excluding hydrogens is 288 g/mol. The van der Waals surface area contributed by atoms with Crippen LogP contribution in [0.3, 0.4) is 0 Å². The Balaban J connectivity index is 2.20. The van der Waals surface area contributed by atoms with Gasteiger partial charge in [0.1, 0.15) is 5.75 Å². The summed E-state index contributed by atoms with van der Waals surface area (Å²) in [4.78, 5) is 11.4. The van der Waals surface area contributed by atoms with E-state index in [1.165, 1.54) is 5.56 Å². The number of carboxylic acids is 1. The van der Waals surface area contributed by atoms with Crippen molar-refractivity contribution in [2.24, 2.45) is 0 Å². The molecule has 0 aliphatic carbocycles. The van der Waals surface area contributed by atoms with Gasteiger partial charge in [0.2, 0.25) is 6.10 Å². The molecule has 0 aromatic heterocycles. The smallest absolute Gasteiger partial charge is 0.349 e. The van der Waals surface area contributed by atoms with Crippen molar-refractivity contribution in [3.8, 4) is 5.75 Å². The van der Waals surface area contributed by atoms with Crippen LogP contribution in [0.1, 0.15) is 37.0 Å². The first-order valence-electron chi connectivity index (χ1n) is 6.72. The number of halogens is 1. The van der Waals surface area contributed by atoms with Gasteiger partial charge < -0.3 is 9.84 Å². The Bertz CT molecular complexity index is 603. The van der Waals surface area contributed by atoms with Gasteiger partial charge in [0.25, 0.3) is 0 Å². The Labute approximate surface area is 129 Å². The maximum absolute atomic E-state index is 11.4. The van der Waals surface area contributed by atoms with E-state index in [0.717, 1.165) is 0 Å². The number of carboxylic acid groups (broad SMARTS) is 1. The maximum Gasteiger partial charge on any atom is 0.349 e. The summed E-state index contributed by atoms with van der Waals surface area (Å²) < 4.78 is 5.59. The van der Waals surface area contributed by atoms with E-state index in [0.29, 0.717) is 22.3 Å². The van der Waals surface area contributed by atoms with Gasteiger partial charge in [-0.1, -0.05) is 49.7 Å². The average Bonchev–Trinajstić information content (AvgIpc) is 2.46. The lowest BCUT2D eigenvalue weighted by Crippen LogP contribution is -2.18. The molecule has 3 nitrogen and oxygen atoms in total. The fraction of sp³-hybridized carbons (Fsp3) is 0.235. The van der Waals surface area contributed by atoms with Crippen molar-refractivity contribution in [3.63, 3.8) is 0 Å². The molecule has 0 aliphatic rings. The zero-order valence-electron chi connectivity index (χ0n) is 11.9. The summed E-state index contributed by atoms with van der Waals surface area (Å²) in [5.74, 6) is -0.0856. The molecule has 0 heterocycles. The Morgan fingerprint density at radius 2 is 1.52 bits per heavy atom. The Morgan fingerprint density at radius 3 is 2.00 bits per heavy atom. The van der Waals surface area contributed by atoms with Crippen LogP contribution in [-0.4, -0.2) is 11.1 Å². The minimum absolute atomic E-state index is 0.422. The molecule has 0 saturated carbocycles. The third kappa shape index (κ3) is 3.99. The first-order chi connectivity index (χ1) is 9.97. The van der Waals surface area contributed by atoms with Gasteiger partial charge in [0.15, 0.2) is 0 Å². The second kappa shape index (κ2) is 6.64. The highest BCUT2D eigenvalue weighted by Gasteiger charge is 2.21. The average molecular weight is 305 g/mol. The van der Waals surface area contributed by atoms with Crippen LogP contribution in [0.5, 0.6) is 5.75 Å². The molecule has 0 spiro atoms. The van der Waals surface area contributed by atoms with E-state index in [1.54, 1.807) is 36.4 Å². The summed E-state index contributed by atoms with van der Waals surface area (Å²) in [6.07, 6.45) is -1.05. The molecule has 1 N–H and O–H groups in total. The van der Waals surface area contributed by atoms with Gasteiger partial charge >= 0.3 is 5.97 Å². The lowest BCUT2D eigenvalue weighted by Gasteiger charge is -2.16. The molecule has 0 radical (unpaired) electrons. The number of carbonyl (C=O) groups is 1. The highest BCUT2D eigenvalue weighted by atomic mass is 35.5. The van der Waals surface area contributed by atoms with Gasteiger partial charge in [0, 0.05) is 10.6 Å². The first-order valence-corrected chi connectivity index (χ1v) is 7.10. The van der Waals surface area contributed by atoms with Crippen molar-refractivity contribution in [3.05, 3.63) is 64.7 Å². The second-order valence-corrected chi connectivity index (χ2v) is 5.55. The number of ether oxygens (including phenoxy) is 1. The fourth-order valence-corrected chi connectivity index (χ4v) is 2.09. The summed E-state index contributed by atoms with van der Waals surface area (Å²) in [5, 5.41) is 9.90. The molecule has 0 aliphatic heterocycles. The zero-order valence-corrected chi connectivity index (χ0v) is 12.7. The zero-order chi connectivity index (χ0) is 15.4. The highest BCUT2D eigenvalue weighted by Crippen LogP contribution is 2.25. The topological polar surface area (TPSA) is 46.5 Å². The molecule has 4 heteroatoms. The lowest BCUT2D eigenvalue weighted by atomic mass is 10.0. The maximum atomic E-state index is 11.4. The van der Waals surface area contributed by atoms with Crippen molar-refractivity contribution in [1.82, 2.24) is 0 Å². The van der Waals surface area contributed by atoms with Gasteiger partial charge in [-0.3, -0.25) is 0 Å². The summed E-state index contributed by atoms with van der Waals surface area (Å²) in [5.41, 5.74) is 1.74. The summed E-state index contributed by atoms with van der Waals surface area (Å²) in [7, 11) is 0. The van der Waals surface area contributed by atoms with Gasteiger partial charge in [0.05, 0.1) is 0 Å². The Kier molecular flexibility index (Phi) is 4.86. The van der Waals surface area contributed by atoms with Crippen molar-refractivity contribution >= 4 is 17.6 Å². The molecule has 21 heavy (non-hydrogen) atoms.